The molecular weight excluding hydrogens is 326 g/mol. The molecule has 0 aliphatic carbocycles. The molecule has 21 heavy (non-hydrogen) atoms. The number of benzene rings is 1. The van der Waals surface area contributed by atoms with Gasteiger partial charge in [0.2, 0.25) is 5.89 Å². The summed E-state index contributed by atoms with van der Waals surface area (Å²) in [5.41, 5.74) is 0. The van der Waals surface area contributed by atoms with E-state index < -0.39 is 0 Å². The molecule has 0 spiro atoms. The molecule has 2 heterocycles. The van der Waals surface area contributed by atoms with E-state index in [2.05, 4.69) is 15.5 Å². The molecule has 0 saturated carbocycles. The number of hydrogen-bond donors (Lipinski definition) is 1. The second-order valence-electron chi connectivity index (χ2n) is 4.81. The maximum absolute atomic E-state index is 6.14. The summed E-state index contributed by atoms with van der Waals surface area (Å²) in [6, 6.07) is 8.20. The molecule has 112 valence electrons. The number of likely N-dealkylation sites (N-methyl/N-ethyl adjacent to an activating group) is 1. The van der Waals surface area contributed by atoms with Gasteiger partial charge in [-0.25, -0.2) is 0 Å². The van der Waals surface area contributed by atoms with Crippen LogP contribution in [0.3, 0.4) is 0 Å². The Kier molecular flexibility index (Phi) is 5.11. The number of thioether (sulfide) groups is 2. The monoisotopic (exact) mass is 341 g/mol. The number of nitrogens with zero attached hydrogens (tertiary/aromatic N) is 2. The van der Waals surface area contributed by atoms with Crippen LogP contribution in [0.4, 0.5) is 0 Å². The molecule has 0 radical (unpaired) electrons. The topological polar surface area (TPSA) is 51.0 Å². The first-order valence-electron chi connectivity index (χ1n) is 6.72. The quantitative estimate of drug-likeness (QED) is 0.841. The predicted molar refractivity (Wildman–Crippen MR) is 88.2 cm³/mol. The van der Waals surface area contributed by atoms with Crippen molar-refractivity contribution in [1.29, 1.82) is 0 Å². The zero-order valence-corrected chi connectivity index (χ0v) is 14.0. The molecule has 2 unspecified atom stereocenters. The molecule has 1 aliphatic heterocycles. The van der Waals surface area contributed by atoms with Gasteiger partial charge in [0.15, 0.2) is 5.82 Å². The highest BCUT2D eigenvalue weighted by Gasteiger charge is 2.32. The van der Waals surface area contributed by atoms with Gasteiger partial charge in [0.05, 0.1) is 16.7 Å². The molecule has 0 bridgehead atoms. The van der Waals surface area contributed by atoms with Crippen LogP contribution < -0.4 is 5.32 Å². The van der Waals surface area contributed by atoms with Crippen molar-refractivity contribution in [2.75, 3.05) is 18.6 Å². The van der Waals surface area contributed by atoms with E-state index in [4.69, 9.17) is 16.1 Å². The summed E-state index contributed by atoms with van der Waals surface area (Å²) >= 11 is 9.68. The van der Waals surface area contributed by atoms with Crippen LogP contribution >= 0.6 is 35.1 Å². The van der Waals surface area contributed by atoms with E-state index in [0.29, 0.717) is 17.7 Å². The van der Waals surface area contributed by atoms with Crippen molar-refractivity contribution in [1.82, 2.24) is 15.5 Å². The van der Waals surface area contributed by atoms with Crippen molar-refractivity contribution in [2.24, 2.45) is 0 Å². The van der Waals surface area contributed by atoms with Gasteiger partial charge in [-0.2, -0.15) is 16.7 Å². The summed E-state index contributed by atoms with van der Waals surface area (Å²) in [5, 5.41) is 8.16. The minimum Gasteiger partial charge on any atom is -0.339 e. The third-order valence-corrected chi connectivity index (χ3v) is 6.15. The van der Waals surface area contributed by atoms with Crippen LogP contribution in [0.25, 0.3) is 0 Å². The summed E-state index contributed by atoms with van der Waals surface area (Å²) in [5.74, 6) is 4.57. The van der Waals surface area contributed by atoms with E-state index >= 15 is 0 Å². The average molecular weight is 342 g/mol. The molecule has 1 N–H and O–H groups in total. The first kappa shape index (κ1) is 15.2. The SMILES string of the molecule is CNC1CSCC1c1nc(CSc2ccccc2Cl)no1. The molecule has 0 amide bonds. The average Bonchev–Trinajstić information content (AvgIpc) is 3.14. The van der Waals surface area contributed by atoms with Gasteiger partial charge in [-0.15, -0.1) is 11.8 Å². The van der Waals surface area contributed by atoms with Crippen LogP contribution in [-0.2, 0) is 5.75 Å². The predicted octanol–water partition coefficient (Wildman–Crippen LogP) is 3.43. The molecule has 1 aliphatic rings. The Hall–Kier alpha value is -0.690. The normalized spacial score (nSPS) is 21.8. The first-order valence-corrected chi connectivity index (χ1v) is 9.24. The van der Waals surface area contributed by atoms with Crippen molar-refractivity contribution >= 4 is 35.1 Å². The van der Waals surface area contributed by atoms with E-state index in [0.717, 1.165) is 33.1 Å². The minimum absolute atomic E-state index is 0.312. The van der Waals surface area contributed by atoms with Crippen molar-refractivity contribution < 1.29 is 4.52 Å². The van der Waals surface area contributed by atoms with E-state index in [9.17, 15) is 0 Å². The Morgan fingerprint density at radius 3 is 3.10 bits per heavy atom. The van der Waals surface area contributed by atoms with E-state index in [1.54, 1.807) is 11.8 Å². The largest absolute Gasteiger partial charge is 0.339 e. The maximum atomic E-state index is 6.14. The van der Waals surface area contributed by atoms with Crippen molar-refractivity contribution in [2.45, 2.75) is 22.6 Å². The number of hydrogen-bond acceptors (Lipinski definition) is 6. The second kappa shape index (κ2) is 7.05. The molecule has 1 fully saturated rings. The molecule has 4 nitrogen and oxygen atoms in total. The second-order valence-corrected chi connectivity index (χ2v) is 7.31. The molecule has 2 aromatic rings. The van der Waals surface area contributed by atoms with Gasteiger partial charge < -0.3 is 9.84 Å². The van der Waals surface area contributed by atoms with Crippen molar-refractivity contribution in [3.05, 3.63) is 41.0 Å². The molecule has 1 saturated heterocycles. The standard InChI is InChI=1S/C14H16ClN3OS2/c1-16-11-7-20-6-9(11)14-17-13(18-19-14)8-21-12-5-3-2-4-10(12)15/h2-5,9,11,16H,6-8H2,1H3. The highest BCUT2D eigenvalue weighted by Crippen LogP contribution is 2.33. The molecule has 2 atom stereocenters. The smallest absolute Gasteiger partial charge is 0.232 e. The lowest BCUT2D eigenvalue weighted by Crippen LogP contribution is -2.31. The first-order chi connectivity index (χ1) is 10.3. The lowest BCUT2D eigenvalue weighted by atomic mass is 10.0. The zero-order chi connectivity index (χ0) is 14.7. The highest BCUT2D eigenvalue weighted by atomic mass is 35.5. The summed E-state index contributed by atoms with van der Waals surface area (Å²) in [6.07, 6.45) is 0. The van der Waals surface area contributed by atoms with Crippen LogP contribution in [0.1, 0.15) is 17.6 Å². The van der Waals surface area contributed by atoms with Crippen LogP contribution in [0, 0.1) is 0 Å². The fourth-order valence-electron chi connectivity index (χ4n) is 2.26. The van der Waals surface area contributed by atoms with Crippen LogP contribution in [0.2, 0.25) is 5.02 Å². The van der Waals surface area contributed by atoms with Crippen LogP contribution in [0.15, 0.2) is 33.7 Å². The fraction of sp³-hybridized carbons (Fsp3) is 0.429. The zero-order valence-electron chi connectivity index (χ0n) is 11.6. The van der Waals surface area contributed by atoms with Gasteiger partial charge in [-0.05, 0) is 19.2 Å². The van der Waals surface area contributed by atoms with Crippen molar-refractivity contribution in [3.8, 4) is 0 Å². The molecular formula is C14H16ClN3OS2. The summed E-state index contributed by atoms with van der Waals surface area (Å²) < 4.78 is 5.44. The fourth-order valence-corrected chi connectivity index (χ4v) is 4.76. The number of rotatable bonds is 5. The van der Waals surface area contributed by atoms with Gasteiger partial charge in [0.25, 0.3) is 0 Å². The van der Waals surface area contributed by atoms with Gasteiger partial charge in [-0.1, -0.05) is 28.9 Å². The van der Waals surface area contributed by atoms with Gasteiger partial charge in [0, 0.05) is 22.4 Å². The van der Waals surface area contributed by atoms with E-state index in [-0.39, 0.29) is 0 Å². The number of nitrogens with one attached hydrogen (secondary N) is 1. The van der Waals surface area contributed by atoms with Crippen LogP contribution in [-0.4, -0.2) is 34.7 Å². The third-order valence-electron chi connectivity index (χ3n) is 3.45. The minimum atomic E-state index is 0.312. The lowest BCUT2D eigenvalue weighted by Gasteiger charge is -2.13. The molecule has 7 heteroatoms. The Morgan fingerprint density at radius 1 is 1.43 bits per heavy atom. The number of halogens is 1. The van der Waals surface area contributed by atoms with E-state index in [1.165, 1.54) is 0 Å². The van der Waals surface area contributed by atoms with Crippen molar-refractivity contribution in [3.63, 3.8) is 0 Å². The highest BCUT2D eigenvalue weighted by molar-refractivity contribution is 7.99. The summed E-state index contributed by atoms with van der Waals surface area (Å²) in [6.45, 7) is 0. The Bertz CT molecular complexity index is 607. The molecule has 1 aromatic carbocycles. The summed E-state index contributed by atoms with van der Waals surface area (Å²) in [4.78, 5) is 5.58. The number of aromatic nitrogens is 2. The Morgan fingerprint density at radius 2 is 2.29 bits per heavy atom. The summed E-state index contributed by atoms with van der Waals surface area (Å²) in [7, 11) is 1.98. The van der Waals surface area contributed by atoms with Gasteiger partial charge >= 0.3 is 0 Å². The molecule has 3 rings (SSSR count). The lowest BCUT2D eigenvalue weighted by molar-refractivity contribution is 0.341. The van der Waals surface area contributed by atoms with E-state index in [1.807, 2.05) is 43.1 Å². The van der Waals surface area contributed by atoms with Crippen LogP contribution in [0.5, 0.6) is 0 Å². The Balaban J connectivity index is 1.64. The maximum Gasteiger partial charge on any atom is 0.232 e. The third kappa shape index (κ3) is 3.56. The van der Waals surface area contributed by atoms with Gasteiger partial charge in [-0.3, -0.25) is 0 Å². The van der Waals surface area contributed by atoms with Gasteiger partial charge in [0.1, 0.15) is 0 Å². The Labute approximate surface area is 137 Å². The molecule has 1 aromatic heterocycles.